The van der Waals surface area contributed by atoms with Gasteiger partial charge in [0.2, 0.25) is 11.9 Å². The minimum atomic E-state index is -0.239. The lowest BCUT2D eigenvalue weighted by molar-refractivity contribution is -0.111. The van der Waals surface area contributed by atoms with E-state index in [1.165, 1.54) is 18.9 Å². The molecule has 0 aliphatic carbocycles. The first-order valence-corrected chi connectivity index (χ1v) is 13.3. The second-order valence-corrected chi connectivity index (χ2v) is 10.2. The van der Waals surface area contributed by atoms with Gasteiger partial charge >= 0.3 is 0 Å². The van der Waals surface area contributed by atoms with Crippen LogP contribution in [0.25, 0.3) is 16.8 Å². The van der Waals surface area contributed by atoms with Crippen molar-refractivity contribution in [1.29, 1.82) is 0 Å². The number of nitrogens with one attached hydrogen (secondary N) is 2. The first-order chi connectivity index (χ1) is 19.5. The summed E-state index contributed by atoms with van der Waals surface area (Å²) in [7, 11) is 3.83. The number of nitrogens with zero attached hydrogens (tertiary/aromatic N) is 6. The largest absolute Gasteiger partial charge is 0.494 e. The van der Waals surface area contributed by atoms with Crippen LogP contribution in [0.1, 0.15) is 12.8 Å². The van der Waals surface area contributed by atoms with Crippen molar-refractivity contribution in [2.24, 2.45) is 0 Å². The first-order valence-electron chi connectivity index (χ1n) is 13.3. The molecule has 0 saturated carbocycles. The van der Waals surface area contributed by atoms with Crippen LogP contribution in [-0.2, 0) is 4.79 Å². The van der Waals surface area contributed by atoms with Crippen molar-refractivity contribution in [3.63, 3.8) is 0 Å². The number of amides is 1. The summed E-state index contributed by atoms with van der Waals surface area (Å²) >= 11 is 0. The number of pyridine rings is 1. The Balaban J connectivity index is 1.33. The van der Waals surface area contributed by atoms with Crippen molar-refractivity contribution in [3.8, 4) is 17.0 Å². The molecule has 204 valence electrons. The Morgan fingerprint density at radius 2 is 2.08 bits per heavy atom. The molecule has 2 aliphatic rings. The average Bonchev–Trinajstić information content (AvgIpc) is 3.55. The molecular weight excluding hydrogens is 504 g/mol. The van der Waals surface area contributed by atoms with Gasteiger partial charge < -0.3 is 20.3 Å². The number of benzene rings is 1. The van der Waals surface area contributed by atoms with Crippen LogP contribution < -0.4 is 20.3 Å². The van der Waals surface area contributed by atoms with Crippen LogP contribution in [0.2, 0.25) is 0 Å². The number of allylic oxidation sites excluding steroid dienone is 2. The van der Waals surface area contributed by atoms with Crippen molar-refractivity contribution < 1.29 is 9.53 Å². The van der Waals surface area contributed by atoms with E-state index in [0.29, 0.717) is 23.1 Å². The van der Waals surface area contributed by atoms with Crippen LogP contribution >= 0.6 is 0 Å². The van der Waals surface area contributed by atoms with E-state index in [1.54, 1.807) is 31.7 Å². The van der Waals surface area contributed by atoms with E-state index in [4.69, 9.17) is 9.72 Å². The maximum absolute atomic E-state index is 12.7. The number of hydrogen-bond donors (Lipinski definition) is 2. The van der Waals surface area contributed by atoms with Gasteiger partial charge in [-0.05, 0) is 50.7 Å². The highest BCUT2D eigenvalue weighted by Gasteiger charge is 2.49. The van der Waals surface area contributed by atoms with E-state index in [0.717, 1.165) is 42.1 Å². The molecule has 4 aromatic rings. The molecule has 0 bridgehead atoms. The number of fused-ring (bicyclic) bond motifs is 1. The smallest absolute Gasteiger partial charge is 0.248 e. The minimum Gasteiger partial charge on any atom is -0.494 e. The molecule has 2 fully saturated rings. The zero-order valence-corrected chi connectivity index (χ0v) is 22.7. The van der Waals surface area contributed by atoms with Gasteiger partial charge in [0.25, 0.3) is 0 Å². The fourth-order valence-corrected chi connectivity index (χ4v) is 5.66. The Kier molecular flexibility index (Phi) is 6.69. The Morgan fingerprint density at radius 1 is 1.20 bits per heavy atom. The highest BCUT2D eigenvalue weighted by Crippen LogP contribution is 2.45. The monoisotopic (exact) mass is 536 g/mol. The van der Waals surface area contributed by atoms with E-state index in [-0.39, 0.29) is 11.4 Å². The number of aromatic nitrogens is 4. The number of ether oxygens (including phenoxy) is 1. The molecule has 2 N–H and O–H groups in total. The van der Waals surface area contributed by atoms with Gasteiger partial charge in [0.05, 0.1) is 47.1 Å². The van der Waals surface area contributed by atoms with Crippen LogP contribution in [0.4, 0.5) is 23.0 Å². The fraction of sp³-hybridized carbons (Fsp3) is 0.267. The van der Waals surface area contributed by atoms with E-state index in [1.807, 2.05) is 47.1 Å². The average molecular weight is 537 g/mol. The highest BCUT2D eigenvalue weighted by molar-refractivity contribution is 6.02. The summed E-state index contributed by atoms with van der Waals surface area (Å²) < 4.78 is 7.60. The number of rotatable bonds is 8. The zero-order chi connectivity index (χ0) is 27.7. The third-order valence-electron chi connectivity index (χ3n) is 7.82. The predicted octanol–water partition coefficient (Wildman–Crippen LogP) is 4.51. The minimum absolute atomic E-state index is 0.195. The van der Waals surface area contributed by atoms with Crippen LogP contribution in [0, 0.1) is 0 Å². The maximum Gasteiger partial charge on any atom is 0.248 e. The van der Waals surface area contributed by atoms with E-state index in [2.05, 4.69) is 44.1 Å². The number of anilines is 4. The van der Waals surface area contributed by atoms with Crippen molar-refractivity contribution in [2.75, 3.05) is 49.3 Å². The summed E-state index contributed by atoms with van der Waals surface area (Å²) in [5.74, 6) is 0.787. The van der Waals surface area contributed by atoms with Gasteiger partial charge in [0, 0.05) is 43.2 Å². The standard InChI is InChI=1S/C30H32N8O2/c1-4-5-10-28(39)33-23-16-24(27(40-3)17-26(23)37-19-30(20-37)12-8-14-36(30)2)35-29-31-13-11-22(34-29)21-18-32-38-15-7-6-9-25(21)38/h4-7,9-11,13,15-18H,1,8,12,14,19-20H2,2-3H3,(H,33,39)(H,31,34,35)/b10-5+. The van der Waals surface area contributed by atoms with E-state index >= 15 is 0 Å². The second-order valence-electron chi connectivity index (χ2n) is 10.2. The Morgan fingerprint density at radius 3 is 2.85 bits per heavy atom. The van der Waals surface area contributed by atoms with Gasteiger partial charge in [0.15, 0.2) is 0 Å². The number of methoxy groups -OCH3 is 1. The van der Waals surface area contributed by atoms with Crippen molar-refractivity contribution >= 4 is 34.4 Å². The number of likely N-dealkylation sites (tertiary alicyclic amines) is 1. The first kappa shape index (κ1) is 25.6. The van der Waals surface area contributed by atoms with Crippen LogP contribution in [-0.4, -0.2) is 69.7 Å². The summed E-state index contributed by atoms with van der Waals surface area (Å²) in [5, 5.41) is 10.8. The SMILES string of the molecule is C=C/C=C/C(=O)Nc1cc(Nc2nccc(-c3cnn4ccccc34)n2)c(OC)cc1N1CC2(CCCN2C)C1. The van der Waals surface area contributed by atoms with Gasteiger partial charge in [-0.25, -0.2) is 14.5 Å². The number of carbonyl (C=O) groups excluding carboxylic acids is 1. The highest BCUT2D eigenvalue weighted by atomic mass is 16.5. The number of carbonyl (C=O) groups is 1. The Bertz CT molecular complexity index is 1600. The number of hydrogen-bond acceptors (Lipinski definition) is 8. The molecule has 40 heavy (non-hydrogen) atoms. The normalized spacial score (nSPS) is 16.4. The molecule has 5 heterocycles. The van der Waals surface area contributed by atoms with Crippen LogP contribution in [0.3, 0.4) is 0 Å². The molecule has 2 saturated heterocycles. The van der Waals surface area contributed by atoms with E-state index in [9.17, 15) is 4.79 Å². The fourth-order valence-electron chi connectivity index (χ4n) is 5.66. The quantitative estimate of drug-likeness (QED) is 0.251. The molecular formula is C30H32N8O2. The third kappa shape index (κ3) is 4.66. The maximum atomic E-state index is 12.7. The van der Waals surface area contributed by atoms with Crippen molar-refractivity contribution in [2.45, 2.75) is 18.4 Å². The molecule has 6 rings (SSSR count). The lowest BCUT2D eigenvalue weighted by Gasteiger charge is -2.53. The molecule has 2 aliphatic heterocycles. The summed E-state index contributed by atoms with van der Waals surface area (Å²) in [4.78, 5) is 26.6. The molecule has 10 nitrogen and oxygen atoms in total. The van der Waals surface area contributed by atoms with Gasteiger partial charge in [-0.1, -0.05) is 24.8 Å². The molecule has 10 heteroatoms. The van der Waals surface area contributed by atoms with Gasteiger partial charge in [0.1, 0.15) is 5.75 Å². The molecule has 0 unspecified atom stereocenters. The summed E-state index contributed by atoms with van der Waals surface area (Å²) in [6.45, 7) is 6.57. The molecule has 1 amide bonds. The second kappa shape index (κ2) is 10.5. The van der Waals surface area contributed by atoms with Gasteiger partial charge in [-0.3, -0.25) is 9.69 Å². The van der Waals surface area contributed by atoms with Crippen LogP contribution in [0.15, 0.2) is 79.8 Å². The molecule has 3 aromatic heterocycles. The third-order valence-corrected chi connectivity index (χ3v) is 7.82. The predicted molar refractivity (Wildman–Crippen MR) is 157 cm³/mol. The van der Waals surface area contributed by atoms with Gasteiger partial charge in [-0.15, -0.1) is 0 Å². The summed E-state index contributed by atoms with van der Waals surface area (Å²) in [6, 6.07) is 11.6. The van der Waals surface area contributed by atoms with E-state index < -0.39 is 0 Å². The van der Waals surface area contributed by atoms with Crippen molar-refractivity contribution in [1.82, 2.24) is 24.5 Å². The topological polar surface area (TPSA) is 99.9 Å². The summed E-state index contributed by atoms with van der Waals surface area (Å²) in [5.41, 5.74) is 5.01. The van der Waals surface area contributed by atoms with Crippen LogP contribution in [0.5, 0.6) is 5.75 Å². The lowest BCUT2D eigenvalue weighted by Crippen LogP contribution is -2.67. The number of likely N-dealkylation sites (N-methyl/N-ethyl adjacent to an activating group) is 1. The molecule has 1 spiro atoms. The Labute approximate surface area is 233 Å². The van der Waals surface area contributed by atoms with Gasteiger partial charge in [-0.2, -0.15) is 5.10 Å². The summed E-state index contributed by atoms with van der Waals surface area (Å²) in [6.07, 6.45) is 12.4. The molecule has 0 radical (unpaired) electrons. The molecule has 1 aromatic carbocycles. The Hall–Kier alpha value is -4.70. The zero-order valence-electron chi connectivity index (χ0n) is 22.7. The lowest BCUT2D eigenvalue weighted by atomic mass is 9.86. The van der Waals surface area contributed by atoms with Crippen molar-refractivity contribution in [3.05, 3.63) is 79.8 Å². The molecule has 0 atom stereocenters.